The maximum atomic E-state index is 12.5. The molecule has 0 spiro atoms. The lowest BCUT2D eigenvalue weighted by molar-refractivity contribution is -0.135. The van der Waals surface area contributed by atoms with E-state index in [0.29, 0.717) is 24.5 Å². The number of amides is 2. The van der Waals surface area contributed by atoms with E-state index in [9.17, 15) is 9.59 Å². The van der Waals surface area contributed by atoms with Crippen molar-refractivity contribution in [3.05, 3.63) is 29.9 Å². The number of hydrogen-bond acceptors (Lipinski definition) is 5. The second-order valence-electron chi connectivity index (χ2n) is 5.38. The number of anilines is 1. The first kappa shape index (κ1) is 15.6. The van der Waals surface area contributed by atoms with Crippen LogP contribution in [0.2, 0.25) is 0 Å². The van der Waals surface area contributed by atoms with Crippen molar-refractivity contribution in [3.63, 3.8) is 0 Å². The van der Waals surface area contributed by atoms with Gasteiger partial charge in [-0.15, -0.1) is 11.3 Å². The maximum absolute atomic E-state index is 12.5. The van der Waals surface area contributed by atoms with Gasteiger partial charge < -0.3 is 10.2 Å². The fourth-order valence-corrected chi connectivity index (χ4v) is 3.44. The van der Waals surface area contributed by atoms with E-state index in [0.717, 1.165) is 17.7 Å². The van der Waals surface area contributed by atoms with Crippen molar-refractivity contribution in [3.8, 4) is 11.3 Å². The average Bonchev–Trinajstić information content (AvgIpc) is 3.19. The smallest absolute Gasteiger partial charge is 0.248 e. The van der Waals surface area contributed by atoms with Crippen molar-refractivity contribution < 1.29 is 9.59 Å². The van der Waals surface area contributed by atoms with Crippen molar-refractivity contribution in [1.29, 1.82) is 0 Å². The zero-order valence-corrected chi connectivity index (χ0v) is 13.7. The number of nitrogens with one attached hydrogen (secondary N) is 1. The number of rotatable bonds is 5. The molecule has 1 aliphatic heterocycles. The van der Waals surface area contributed by atoms with Gasteiger partial charge in [0.2, 0.25) is 11.8 Å². The van der Waals surface area contributed by atoms with Crippen molar-refractivity contribution in [2.45, 2.75) is 32.2 Å². The Morgan fingerprint density at radius 1 is 1.52 bits per heavy atom. The number of likely N-dealkylation sites (tertiary alicyclic amines) is 1. The molecule has 3 rings (SSSR count). The van der Waals surface area contributed by atoms with Crippen LogP contribution in [0, 0.1) is 0 Å². The van der Waals surface area contributed by atoms with Gasteiger partial charge in [-0.3, -0.25) is 14.6 Å². The monoisotopic (exact) mass is 330 g/mol. The van der Waals surface area contributed by atoms with Crippen molar-refractivity contribution in [2.24, 2.45) is 0 Å². The fourth-order valence-electron chi connectivity index (χ4n) is 2.71. The maximum Gasteiger partial charge on any atom is 0.248 e. The van der Waals surface area contributed by atoms with Crippen LogP contribution in [-0.4, -0.2) is 39.3 Å². The predicted molar refractivity (Wildman–Crippen MR) is 89.0 cm³/mol. The molecule has 23 heavy (non-hydrogen) atoms. The lowest BCUT2D eigenvalue weighted by Crippen LogP contribution is -2.44. The molecule has 0 aliphatic carbocycles. The van der Waals surface area contributed by atoms with E-state index in [-0.39, 0.29) is 11.8 Å². The van der Waals surface area contributed by atoms with Crippen LogP contribution in [0.25, 0.3) is 11.3 Å². The molecule has 1 saturated heterocycles. The van der Waals surface area contributed by atoms with Gasteiger partial charge in [0.15, 0.2) is 5.13 Å². The molecule has 120 valence electrons. The summed E-state index contributed by atoms with van der Waals surface area (Å²) in [6.45, 7) is 2.57. The molecule has 7 heteroatoms. The number of nitrogens with zero attached hydrogens (tertiary/aromatic N) is 3. The molecule has 6 nitrogen and oxygen atoms in total. The number of pyridine rings is 1. The van der Waals surface area contributed by atoms with Crippen LogP contribution < -0.4 is 5.32 Å². The quantitative estimate of drug-likeness (QED) is 0.914. The van der Waals surface area contributed by atoms with Crippen molar-refractivity contribution in [1.82, 2.24) is 14.9 Å². The molecule has 2 aromatic heterocycles. The minimum absolute atomic E-state index is 0.0576. The van der Waals surface area contributed by atoms with Gasteiger partial charge in [-0.1, -0.05) is 6.92 Å². The number of carbonyl (C=O) groups excluding carboxylic acids is 2. The summed E-state index contributed by atoms with van der Waals surface area (Å²) in [7, 11) is 0. The molecule has 0 bridgehead atoms. The highest BCUT2D eigenvalue weighted by molar-refractivity contribution is 7.14. The first-order chi connectivity index (χ1) is 11.2. The van der Waals surface area contributed by atoms with Gasteiger partial charge in [-0.05, 0) is 25.0 Å². The molecule has 1 fully saturated rings. The average molecular weight is 330 g/mol. The normalized spacial score (nSPS) is 15.7. The molecule has 2 aromatic rings. The predicted octanol–water partition coefficient (Wildman–Crippen LogP) is 2.54. The summed E-state index contributed by atoms with van der Waals surface area (Å²) < 4.78 is 0. The van der Waals surface area contributed by atoms with E-state index in [1.165, 1.54) is 11.3 Å². The highest BCUT2D eigenvalue weighted by Crippen LogP contribution is 2.25. The third-order valence-electron chi connectivity index (χ3n) is 3.87. The third-order valence-corrected chi connectivity index (χ3v) is 4.62. The first-order valence-electron chi connectivity index (χ1n) is 7.65. The molecule has 1 aliphatic rings. The lowest BCUT2D eigenvalue weighted by Gasteiger charge is -2.25. The minimum Gasteiger partial charge on any atom is -0.331 e. The fraction of sp³-hybridized carbons (Fsp3) is 0.375. The number of carbonyl (C=O) groups is 2. The Morgan fingerprint density at radius 3 is 3.04 bits per heavy atom. The van der Waals surface area contributed by atoms with Crippen LogP contribution in [0.1, 0.15) is 26.2 Å². The molecule has 3 heterocycles. The molecular weight excluding hydrogens is 312 g/mol. The summed E-state index contributed by atoms with van der Waals surface area (Å²) in [5, 5.41) is 5.26. The van der Waals surface area contributed by atoms with Gasteiger partial charge in [0.05, 0.1) is 5.69 Å². The van der Waals surface area contributed by atoms with E-state index >= 15 is 0 Å². The molecular formula is C16H18N4O2S. The third kappa shape index (κ3) is 3.39. The van der Waals surface area contributed by atoms with E-state index in [2.05, 4.69) is 15.3 Å². The Morgan fingerprint density at radius 2 is 2.39 bits per heavy atom. The van der Waals surface area contributed by atoms with Crippen molar-refractivity contribution in [2.75, 3.05) is 11.9 Å². The Bertz CT molecular complexity index is 701. The topological polar surface area (TPSA) is 75.2 Å². The molecule has 1 N–H and O–H groups in total. The van der Waals surface area contributed by atoms with E-state index in [1.54, 1.807) is 17.3 Å². The second kappa shape index (κ2) is 6.87. The number of hydrogen-bond donors (Lipinski definition) is 1. The van der Waals surface area contributed by atoms with Crippen LogP contribution in [0.5, 0.6) is 0 Å². The molecule has 0 radical (unpaired) electrons. The lowest BCUT2D eigenvalue weighted by atomic mass is 10.2. The molecule has 0 unspecified atom stereocenters. The zero-order valence-electron chi connectivity index (χ0n) is 12.9. The van der Waals surface area contributed by atoms with Gasteiger partial charge in [0.1, 0.15) is 6.04 Å². The Labute approximate surface area is 138 Å². The van der Waals surface area contributed by atoms with E-state index < -0.39 is 6.04 Å². The number of thiazole rings is 1. The molecule has 0 saturated carbocycles. The summed E-state index contributed by atoms with van der Waals surface area (Å²) in [5.74, 6) is -0.114. The van der Waals surface area contributed by atoms with Crippen molar-refractivity contribution >= 4 is 28.3 Å². The van der Waals surface area contributed by atoms with Gasteiger partial charge in [-0.25, -0.2) is 4.98 Å². The molecule has 1 atom stereocenters. The zero-order chi connectivity index (χ0) is 16.2. The van der Waals surface area contributed by atoms with Crippen LogP contribution in [-0.2, 0) is 9.59 Å². The SMILES string of the molecule is CC[C@@H](C(=O)Nc1nc(-c2cccnc2)cs1)N1CCCC1=O. The highest BCUT2D eigenvalue weighted by atomic mass is 32.1. The second-order valence-corrected chi connectivity index (χ2v) is 6.24. The molecule has 2 amide bonds. The minimum atomic E-state index is -0.421. The largest absolute Gasteiger partial charge is 0.331 e. The summed E-state index contributed by atoms with van der Waals surface area (Å²) >= 11 is 1.37. The van der Waals surface area contributed by atoms with Gasteiger partial charge in [-0.2, -0.15) is 0 Å². The Balaban J connectivity index is 1.70. The van der Waals surface area contributed by atoms with Crippen LogP contribution >= 0.6 is 11.3 Å². The summed E-state index contributed by atoms with van der Waals surface area (Å²) in [4.78, 5) is 34.5. The van der Waals surface area contributed by atoms with E-state index in [4.69, 9.17) is 0 Å². The van der Waals surface area contributed by atoms with Gasteiger partial charge in [0, 0.05) is 36.3 Å². The summed E-state index contributed by atoms with van der Waals surface area (Å²) in [5.41, 5.74) is 1.69. The van der Waals surface area contributed by atoms with Crippen LogP contribution in [0.3, 0.4) is 0 Å². The number of aromatic nitrogens is 2. The summed E-state index contributed by atoms with van der Waals surface area (Å²) in [6, 6.07) is 3.35. The molecule has 0 aromatic carbocycles. The highest BCUT2D eigenvalue weighted by Gasteiger charge is 2.31. The van der Waals surface area contributed by atoms with Gasteiger partial charge >= 0.3 is 0 Å². The Hall–Kier alpha value is -2.28. The van der Waals surface area contributed by atoms with Crippen LogP contribution in [0.4, 0.5) is 5.13 Å². The Kier molecular flexibility index (Phi) is 4.66. The van der Waals surface area contributed by atoms with Crippen LogP contribution in [0.15, 0.2) is 29.9 Å². The standard InChI is InChI=1S/C16H18N4O2S/c1-2-13(20-8-4-6-14(20)21)15(22)19-16-18-12(10-23-16)11-5-3-7-17-9-11/h3,5,7,9-10,13H,2,4,6,8H2,1H3,(H,18,19,22)/t13-/m0/s1. The first-order valence-corrected chi connectivity index (χ1v) is 8.53. The van der Waals surface area contributed by atoms with E-state index in [1.807, 2.05) is 24.4 Å². The summed E-state index contributed by atoms with van der Waals surface area (Å²) in [6.07, 6.45) is 5.39. The van der Waals surface area contributed by atoms with Gasteiger partial charge in [0.25, 0.3) is 0 Å².